The monoisotopic (exact) mass is 265 g/mol. The van der Waals surface area contributed by atoms with Crippen molar-refractivity contribution >= 4 is 0 Å². The number of piperidine rings is 1. The second kappa shape index (κ2) is 8.31. The van der Waals surface area contributed by atoms with E-state index in [0.29, 0.717) is 18.5 Å². The summed E-state index contributed by atoms with van der Waals surface area (Å²) in [7, 11) is 0. The highest BCUT2D eigenvalue weighted by atomic mass is 19.1. The lowest BCUT2D eigenvalue weighted by molar-refractivity contribution is 0.112. The number of hydrogen-bond acceptors (Lipinski definition) is 1. The van der Waals surface area contributed by atoms with Crippen molar-refractivity contribution < 1.29 is 4.39 Å². The second-order valence-electron chi connectivity index (χ2n) is 5.89. The minimum atomic E-state index is -0.573. The van der Waals surface area contributed by atoms with Gasteiger partial charge >= 0.3 is 0 Å². The quantitative estimate of drug-likeness (QED) is 0.753. The lowest BCUT2D eigenvalue weighted by Crippen LogP contribution is -2.40. The van der Waals surface area contributed by atoms with Gasteiger partial charge in [-0.2, -0.15) is 0 Å². The van der Waals surface area contributed by atoms with E-state index in [-0.39, 0.29) is 0 Å². The molecule has 1 aromatic carbocycles. The van der Waals surface area contributed by atoms with E-state index in [2.05, 4.69) is 56.9 Å². The molecule has 1 aliphatic heterocycles. The van der Waals surface area contributed by atoms with Gasteiger partial charge in [-0.25, -0.2) is 4.39 Å². The number of likely N-dealkylation sites (tertiary alicyclic amines) is 1. The van der Waals surface area contributed by atoms with Crippen molar-refractivity contribution in [3.63, 3.8) is 0 Å². The van der Waals surface area contributed by atoms with Crippen molar-refractivity contribution in [2.75, 3.05) is 13.1 Å². The van der Waals surface area contributed by atoms with Crippen LogP contribution >= 0.6 is 0 Å². The normalized spacial score (nSPS) is 20.3. The Hall–Kier alpha value is -0.890. The van der Waals surface area contributed by atoms with E-state index in [1.165, 1.54) is 5.56 Å². The Labute approximate surface area is 117 Å². The molecule has 0 radical (unpaired) electrons. The van der Waals surface area contributed by atoms with Crippen LogP contribution in [-0.4, -0.2) is 30.2 Å². The number of rotatable bonds is 2. The van der Waals surface area contributed by atoms with E-state index in [1.54, 1.807) is 0 Å². The Morgan fingerprint density at radius 1 is 1.11 bits per heavy atom. The molecule has 0 unspecified atom stereocenters. The minimum Gasteiger partial charge on any atom is -0.298 e. The van der Waals surface area contributed by atoms with E-state index in [0.717, 1.165) is 19.4 Å². The van der Waals surface area contributed by atoms with Crippen molar-refractivity contribution in [1.82, 2.24) is 4.90 Å². The van der Waals surface area contributed by atoms with E-state index in [9.17, 15) is 4.39 Å². The maximum Gasteiger partial charge on any atom is 0.113 e. The summed E-state index contributed by atoms with van der Waals surface area (Å²) >= 11 is 0. The van der Waals surface area contributed by atoms with Crippen molar-refractivity contribution in [3.8, 4) is 0 Å². The molecule has 1 aliphatic rings. The fourth-order valence-corrected chi connectivity index (χ4v) is 2.26. The fourth-order valence-electron chi connectivity index (χ4n) is 2.26. The molecule has 0 amide bonds. The molecular formula is C17H28FN. The summed E-state index contributed by atoms with van der Waals surface area (Å²) in [5, 5.41) is 0. The van der Waals surface area contributed by atoms with Gasteiger partial charge in [0, 0.05) is 12.6 Å². The predicted molar refractivity (Wildman–Crippen MR) is 81.4 cm³/mol. The molecule has 1 atom stereocenters. The number of alkyl halides is 1. The van der Waals surface area contributed by atoms with Crippen LogP contribution in [0.1, 0.15) is 52.0 Å². The number of nitrogens with zero attached hydrogens (tertiary/aromatic N) is 1. The van der Waals surface area contributed by atoms with Gasteiger partial charge in [0.25, 0.3) is 0 Å². The minimum absolute atomic E-state index is 0.513. The fraction of sp³-hybridized carbons (Fsp3) is 0.647. The van der Waals surface area contributed by atoms with Gasteiger partial charge in [0.1, 0.15) is 6.17 Å². The topological polar surface area (TPSA) is 3.24 Å². The number of hydrogen-bond donors (Lipinski definition) is 0. The zero-order valence-corrected chi connectivity index (χ0v) is 12.8. The predicted octanol–water partition coefficient (Wildman–Crippen LogP) is 4.64. The van der Waals surface area contributed by atoms with Crippen molar-refractivity contribution in [2.45, 2.75) is 58.7 Å². The molecule has 2 rings (SSSR count). The first-order valence-corrected chi connectivity index (χ1v) is 7.43. The van der Waals surface area contributed by atoms with Crippen LogP contribution in [-0.2, 0) is 0 Å². The molecule has 19 heavy (non-hydrogen) atoms. The average molecular weight is 265 g/mol. The second-order valence-corrected chi connectivity index (χ2v) is 5.89. The molecule has 2 heteroatoms. The molecule has 108 valence electrons. The van der Waals surface area contributed by atoms with Gasteiger partial charge in [0.05, 0.1) is 0 Å². The maximum absolute atomic E-state index is 12.8. The Bertz CT molecular complexity index is 334. The molecule has 0 aliphatic carbocycles. The van der Waals surface area contributed by atoms with Crippen LogP contribution in [0.15, 0.2) is 30.3 Å². The highest BCUT2D eigenvalue weighted by Crippen LogP contribution is 2.14. The van der Waals surface area contributed by atoms with Gasteiger partial charge in [-0.15, -0.1) is 0 Å². The van der Waals surface area contributed by atoms with Crippen LogP contribution < -0.4 is 0 Å². The Kier molecular flexibility index (Phi) is 7.07. The lowest BCUT2D eigenvalue weighted by atomic mass is 10.0. The first kappa shape index (κ1) is 16.2. The Morgan fingerprint density at radius 2 is 1.74 bits per heavy atom. The maximum atomic E-state index is 12.8. The van der Waals surface area contributed by atoms with E-state index < -0.39 is 6.17 Å². The molecule has 1 nitrogen and oxygen atoms in total. The van der Waals surface area contributed by atoms with Gasteiger partial charge < -0.3 is 0 Å². The van der Waals surface area contributed by atoms with Crippen molar-refractivity contribution in [2.24, 2.45) is 0 Å². The smallest absolute Gasteiger partial charge is 0.113 e. The van der Waals surface area contributed by atoms with Crippen molar-refractivity contribution in [1.29, 1.82) is 0 Å². The molecule has 0 spiro atoms. The summed E-state index contributed by atoms with van der Waals surface area (Å²) in [6.45, 7) is 10.4. The third kappa shape index (κ3) is 6.20. The molecular weight excluding hydrogens is 237 g/mol. The van der Waals surface area contributed by atoms with Crippen LogP contribution in [0.4, 0.5) is 4.39 Å². The van der Waals surface area contributed by atoms with Gasteiger partial charge in [0.2, 0.25) is 0 Å². The van der Waals surface area contributed by atoms with Crippen LogP contribution in [0, 0.1) is 0 Å². The molecule has 1 saturated heterocycles. The van der Waals surface area contributed by atoms with Crippen molar-refractivity contribution in [3.05, 3.63) is 35.9 Å². The van der Waals surface area contributed by atoms with E-state index in [1.807, 2.05) is 6.07 Å². The third-order valence-electron chi connectivity index (χ3n) is 3.59. The Morgan fingerprint density at radius 3 is 2.11 bits per heavy atom. The summed E-state index contributed by atoms with van der Waals surface area (Å²) < 4.78 is 12.8. The average Bonchev–Trinajstić information content (AvgIpc) is 2.40. The third-order valence-corrected chi connectivity index (χ3v) is 3.59. The van der Waals surface area contributed by atoms with E-state index in [4.69, 9.17) is 0 Å². The van der Waals surface area contributed by atoms with Gasteiger partial charge in [-0.3, -0.25) is 4.90 Å². The molecule has 0 aromatic heterocycles. The zero-order chi connectivity index (χ0) is 14.3. The first-order valence-electron chi connectivity index (χ1n) is 7.43. The largest absolute Gasteiger partial charge is 0.298 e. The standard InChI is InChI=1S/C9H12.C8H16FN/c1-8(2)9-6-4-3-5-7-9;1-7(2)10-5-3-4-8(9)6-10/h3-8H,1-2H3;7-8H,3-6H2,1-2H3/t;8-/m.1/s1. The SMILES string of the molecule is CC(C)N1CCC[C@@H](F)C1.CC(C)c1ccccc1. The highest BCUT2D eigenvalue weighted by Gasteiger charge is 2.20. The lowest BCUT2D eigenvalue weighted by Gasteiger charge is -2.31. The summed E-state index contributed by atoms with van der Waals surface area (Å²) in [6, 6.07) is 11.0. The number of halogens is 1. The van der Waals surface area contributed by atoms with Crippen LogP contribution in [0.3, 0.4) is 0 Å². The van der Waals surface area contributed by atoms with E-state index >= 15 is 0 Å². The molecule has 0 N–H and O–H groups in total. The molecule has 1 heterocycles. The first-order chi connectivity index (χ1) is 9.00. The number of benzene rings is 1. The Balaban J connectivity index is 0.000000191. The molecule has 0 saturated carbocycles. The molecule has 1 aromatic rings. The van der Waals surface area contributed by atoms with Crippen LogP contribution in [0.2, 0.25) is 0 Å². The van der Waals surface area contributed by atoms with Gasteiger partial charge in [-0.05, 0) is 44.7 Å². The summed E-state index contributed by atoms with van der Waals surface area (Å²) in [4.78, 5) is 2.20. The van der Waals surface area contributed by atoms with Gasteiger partial charge in [0.15, 0.2) is 0 Å². The summed E-state index contributed by atoms with van der Waals surface area (Å²) in [5.74, 6) is 0.659. The molecule has 1 fully saturated rings. The summed E-state index contributed by atoms with van der Waals surface area (Å²) in [5.41, 5.74) is 1.41. The van der Waals surface area contributed by atoms with Gasteiger partial charge in [-0.1, -0.05) is 44.2 Å². The van der Waals surface area contributed by atoms with Crippen LogP contribution in [0.5, 0.6) is 0 Å². The van der Waals surface area contributed by atoms with Crippen LogP contribution in [0.25, 0.3) is 0 Å². The summed E-state index contributed by atoms with van der Waals surface area (Å²) in [6.07, 6.45) is 1.22. The zero-order valence-electron chi connectivity index (χ0n) is 12.8. The molecule has 0 bridgehead atoms. The highest BCUT2D eigenvalue weighted by molar-refractivity contribution is 5.17.